The van der Waals surface area contributed by atoms with Gasteiger partial charge in [-0.3, -0.25) is 9.69 Å². The van der Waals surface area contributed by atoms with E-state index in [-0.39, 0.29) is 5.91 Å². The van der Waals surface area contributed by atoms with Crippen molar-refractivity contribution in [1.29, 1.82) is 0 Å². The van der Waals surface area contributed by atoms with Gasteiger partial charge >= 0.3 is 0 Å². The van der Waals surface area contributed by atoms with Crippen molar-refractivity contribution in [3.8, 4) is 0 Å². The lowest BCUT2D eigenvalue weighted by atomic mass is 9.86. The van der Waals surface area contributed by atoms with Crippen LogP contribution in [0.4, 0.5) is 0 Å². The summed E-state index contributed by atoms with van der Waals surface area (Å²) in [5.41, 5.74) is 8.27. The number of nitrogens with two attached hydrogens (primary N) is 1. The molecule has 0 unspecified atom stereocenters. The standard InChI is InChI=1S/C15H20N2O/c16-15(18)10-17(12-8-9-12)14-7-3-5-11-4-1-2-6-13(11)14/h1-2,4,6,12,14H,3,5,7-10H2,(H2,16,18)/t14-/m1/s1. The van der Waals surface area contributed by atoms with Gasteiger partial charge in [0.1, 0.15) is 0 Å². The first-order valence-corrected chi connectivity index (χ1v) is 6.87. The summed E-state index contributed by atoms with van der Waals surface area (Å²) in [7, 11) is 0. The average Bonchev–Trinajstić information content (AvgIpc) is 3.19. The molecule has 2 aliphatic rings. The van der Waals surface area contributed by atoms with Gasteiger partial charge in [-0.05, 0) is 43.2 Å². The molecule has 1 fully saturated rings. The number of carbonyl (C=O) groups excluding carboxylic acids is 1. The third-order valence-electron chi connectivity index (χ3n) is 4.09. The maximum absolute atomic E-state index is 11.3. The fourth-order valence-corrected chi connectivity index (χ4v) is 3.15. The van der Waals surface area contributed by atoms with E-state index in [1.54, 1.807) is 0 Å². The van der Waals surface area contributed by atoms with E-state index in [0.717, 1.165) is 6.42 Å². The van der Waals surface area contributed by atoms with E-state index in [0.29, 0.717) is 18.6 Å². The monoisotopic (exact) mass is 244 g/mol. The zero-order valence-electron chi connectivity index (χ0n) is 10.6. The van der Waals surface area contributed by atoms with E-state index in [4.69, 9.17) is 5.73 Å². The third kappa shape index (κ3) is 2.27. The summed E-state index contributed by atoms with van der Waals surface area (Å²) in [5.74, 6) is -0.204. The van der Waals surface area contributed by atoms with Crippen LogP contribution in [-0.4, -0.2) is 23.4 Å². The summed E-state index contributed by atoms with van der Waals surface area (Å²) >= 11 is 0. The summed E-state index contributed by atoms with van der Waals surface area (Å²) in [5, 5.41) is 0. The molecule has 18 heavy (non-hydrogen) atoms. The molecule has 0 aliphatic heterocycles. The van der Waals surface area contributed by atoms with Gasteiger partial charge in [0.2, 0.25) is 5.91 Å². The van der Waals surface area contributed by atoms with Crippen LogP contribution in [0.3, 0.4) is 0 Å². The molecule has 0 bridgehead atoms. The maximum atomic E-state index is 11.3. The Bertz CT molecular complexity index is 454. The highest BCUT2D eigenvalue weighted by molar-refractivity contribution is 5.76. The Kier molecular flexibility index (Phi) is 3.08. The van der Waals surface area contributed by atoms with Crippen molar-refractivity contribution in [3.05, 3.63) is 35.4 Å². The number of aryl methyl sites for hydroxylation is 1. The lowest BCUT2D eigenvalue weighted by Crippen LogP contribution is -2.39. The number of rotatable bonds is 4. The van der Waals surface area contributed by atoms with Gasteiger partial charge in [-0.25, -0.2) is 0 Å². The van der Waals surface area contributed by atoms with E-state index >= 15 is 0 Å². The highest BCUT2D eigenvalue weighted by Crippen LogP contribution is 2.40. The number of hydrogen-bond acceptors (Lipinski definition) is 2. The van der Waals surface area contributed by atoms with Gasteiger partial charge in [0.25, 0.3) is 0 Å². The summed E-state index contributed by atoms with van der Waals surface area (Å²) in [6.45, 7) is 0.406. The number of amides is 1. The number of hydrogen-bond donors (Lipinski definition) is 1. The maximum Gasteiger partial charge on any atom is 0.231 e. The molecule has 2 N–H and O–H groups in total. The molecular formula is C15H20N2O. The predicted octanol–water partition coefficient (Wildman–Crippen LogP) is 2.01. The second kappa shape index (κ2) is 4.73. The van der Waals surface area contributed by atoms with Crippen molar-refractivity contribution in [2.24, 2.45) is 5.73 Å². The first-order chi connectivity index (χ1) is 8.75. The van der Waals surface area contributed by atoms with Crippen molar-refractivity contribution in [2.45, 2.75) is 44.2 Å². The Balaban J connectivity index is 1.88. The summed E-state index contributed by atoms with van der Waals surface area (Å²) < 4.78 is 0. The van der Waals surface area contributed by atoms with Crippen LogP contribution >= 0.6 is 0 Å². The quantitative estimate of drug-likeness (QED) is 0.880. The fourth-order valence-electron chi connectivity index (χ4n) is 3.15. The largest absolute Gasteiger partial charge is 0.369 e. The molecule has 0 radical (unpaired) electrons. The van der Waals surface area contributed by atoms with Gasteiger partial charge in [-0.2, -0.15) is 0 Å². The zero-order valence-corrected chi connectivity index (χ0v) is 10.6. The lowest BCUT2D eigenvalue weighted by Gasteiger charge is -2.35. The first kappa shape index (κ1) is 11.7. The van der Waals surface area contributed by atoms with Gasteiger partial charge < -0.3 is 5.73 Å². The molecule has 0 spiro atoms. The van der Waals surface area contributed by atoms with Crippen molar-refractivity contribution < 1.29 is 4.79 Å². The van der Waals surface area contributed by atoms with Gasteiger partial charge in [0.15, 0.2) is 0 Å². The number of fused-ring (bicyclic) bond motifs is 1. The van der Waals surface area contributed by atoms with Gasteiger partial charge in [-0.15, -0.1) is 0 Å². The average molecular weight is 244 g/mol. The molecule has 0 heterocycles. The minimum Gasteiger partial charge on any atom is -0.369 e. The minimum absolute atomic E-state index is 0.204. The lowest BCUT2D eigenvalue weighted by molar-refractivity contribution is -0.120. The van der Waals surface area contributed by atoms with Crippen molar-refractivity contribution >= 4 is 5.91 Å². The molecule has 3 rings (SSSR count). The van der Waals surface area contributed by atoms with Crippen LogP contribution in [-0.2, 0) is 11.2 Å². The molecule has 1 saturated carbocycles. The fraction of sp³-hybridized carbons (Fsp3) is 0.533. The van der Waals surface area contributed by atoms with E-state index in [1.807, 2.05) is 0 Å². The van der Waals surface area contributed by atoms with Gasteiger partial charge in [0.05, 0.1) is 6.54 Å². The van der Waals surface area contributed by atoms with Crippen LogP contribution in [0.15, 0.2) is 24.3 Å². The molecule has 2 aliphatic carbocycles. The molecule has 3 nitrogen and oxygen atoms in total. The zero-order chi connectivity index (χ0) is 12.5. The number of nitrogens with zero attached hydrogens (tertiary/aromatic N) is 1. The smallest absolute Gasteiger partial charge is 0.231 e. The summed E-state index contributed by atoms with van der Waals surface area (Å²) in [6.07, 6.45) is 5.96. The molecule has 1 atom stereocenters. The van der Waals surface area contributed by atoms with E-state index in [2.05, 4.69) is 29.2 Å². The highest BCUT2D eigenvalue weighted by Gasteiger charge is 2.36. The van der Waals surface area contributed by atoms with Crippen LogP contribution in [0.5, 0.6) is 0 Å². The van der Waals surface area contributed by atoms with E-state index < -0.39 is 0 Å². The summed E-state index contributed by atoms with van der Waals surface area (Å²) in [4.78, 5) is 13.6. The Morgan fingerprint density at radius 3 is 2.78 bits per heavy atom. The van der Waals surface area contributed by atoms with Gasteiger partial charge in [-0.1, -0.05) is 24.3 Å². The Morgan fingerprint density at radius 2 is 2.06 bits per heavy atom. The molecule has 3 heteroatoms. The minimum atomic E-state index is -0.204. The van der Waals surface area contributed by atoms with E-state index in [9.17, 15) is 4.79 Å². The topological polar surface area (TPSA) is 46.3 Å². The van der Waals surface area contributed by atoms with Crippen LogP contribution in [0, 0.1) is 0 Å². The SMILES string of the molecule is NC(=O)CN(C1CC1)[C@@H]1CCCc2ccccc21. The normalized spacial score (nSPS) is 22.8. The third-order valence-corrected chi connectivity index (χ3v) is 4.09. The summed E-state index contributed by atoms with van der Waals surface area (Å²) in [6, 6.07) is 9.62. The number of primary amides is 1. The Labute approximate surface area is 108 Å². The van der Waals surface area contributed by atoms with Crippen LogP contribution < -0.4 is 5.73 Å². The molecule has 0 aromatic heterocycles. The molecule has 1 aromatic carbocycles. The molecule has 96 valence electrons. The Hall–Kier alpha value is -1.35. The first-order valence-electron chi connectivity index (χ1n) is 6.87. The number of benzene rings is 1. The molecule has 1 aromatic rings. The molecule has 1 amide bonds. The van der Waals surface area contributed by atoms with Crippen molar-refractivity contribution in [2.75, 3.05) is 6.54 Å². The molecular weight excluding hydrogens is 224 g/mol. The van der Waals surface area contributed by atoms with Crippen LogP contribution in [0.1, 0.15) is 42.9 Å². The number of carbonyl (C=O) groups is 1. The predicted molar refractivity (Wildman–Crippen MR) is 71.0 cm³/mol. The van der Waals surface area contributed by atoms with Crippen molar-refractivity contribution in [1.82, 2.24) is 4.90 Å². The van der Waals surface area contributed by atoms with Crippen LogP contribution in [0.2, 0.25) is 0 Å². The second-order valence-electron chi connectivity index (χ2n) is 5.48. The Morgan fingerprint density at radius 1 is 1.28 bits per heavy atom. The highest BCUT2D eigenvalue weighted by atomic mass is 16.1. The van der Waals surface area contributed by atoms with Crippen LogP contribution in [0.25, 0.3) is 0 Å². The molecule has 0 saturated heterocycles. The van der Waals surface area contributed by atoms with Gasteiger partial charge in [0, 0.05) is 12.1 Å². The second-order valence-corrected chi connectivity index (χ2v) is 5.48. The van der Waals surface area contributed by atoms with Crippen molar-refractivity contribution in [3.63, 3.8) is 0 Å². The van der Waals surface area contributed by atoms with E-state index in [1.165, 1.54) is 36.8 Å².